The first-order chi connectivity index (χ1) is 12.5. The number of para-hydroxylation sites is 1. The fourth-order valence-corrected chi connectivity index (χ4v) is 3.28. The van der Waals surface area contributed by atoms with Gasteiger partial charge in [0.05, 0.1) is 17.2 Å². The number of nitrogens with zero attached hydrogens (tertiary/aromatic N) is 1. The van der Waals surface area contributed by atoms with Gasteiger partial charge in [0.15, 0.2) is 11.6 Å². The van der Waals surface area contributed by atoms with Crippen LogP contribution in [0.15, 0.2) is 46.9 Å². The second-order valence-corrected chi connectivity index (χ2v) is 7.04. The van der Waals surface area contributed by atoms with Crippen LogP contribution < -0.4 is 4.74 Å². The molecule has 0 amide bonds. The van der Waals surface area contributed by atoms with Crippen molar-refractivity contribution >= 4 is 15.9 Å². The Bertz CT molecular complexity index is 746. The molecule has 0 saturated carbocycles. The van der Waals surface area contributed by atoms with E-state index in [0.717, 1.165) is 16.6 Å². The number of halogens is 3. The summed E-state index contributed by atoms with van der Waals surface area (Å²) in [6, 6.07) is 11.2. The van der Waals surface area contributed by atoms with Gasteiger partial charge in [-0.1, -0.05) is 18.2 Å². The maximum atomic E-state index is 13.4. The van der Waals surface area contributed by atoms with Crippen LogP contribution in [-0.2, 0) is 4.74 Å². The molecule has 2 unspecified atom stereocenters. The number of β-amino-alcohol motifs (C(OH)–C–C–N with tert-alkyl or cyclic N) is 1. The van der Waals surface area contributed by atoms with Crippen molar-refractivity contribution in [1.82, 2.24) is 4.90 Å². The first-order valence-electron chi connectivity index (χ1n) is 8.37. The molecule has 140 valence electrons. The van der Waals surface area contributed by atoms with Gasteiger partial charge in [-0.15, -0.1) is 0 Å². The molecule has 7 heteroatoms. The lowest BCUT2D eigenvalue weighted by molar-refractivity contribution is -0.0461. The van der Waals surface area contributed by atoms with Crippen LogP contribution in [0.25, 0.3) is 0 Å². The molecule has 3 rings (SSSR count). The fourth-order valence-electron chi connectivity index (χ4n) is 2.88. The molecule has 0 aliphatic carbocycles. The van der Waals surface area contributed by atoms with E-state index in [9.17, 15) is 13.9 Å². The number of benzene rings is 2. The molecule has 1 aliphatic heterocycles. The van der Waals surface area contributed by atoms with Gasteiger partial charge in [0.1, 0.15) is 18.5 Å². The quantitative estimate of drug-likeness (QED) is 0.765. The highest BCUT2D eigenvalue weighted by molar-refractivity contribution is 9.10. The molecular formula is C19H20BrF2NO3. The van der Waals surface area contributed by atoms with Gasteiger partial charge in [0.2, 0.25) is 0 Å². The van der Waals surface area contributed by atoms with Crippen molar-refractivity contribution in [3.8, 4) is 5.75 Å². The van der Waals surface area contributed by atoms with Crippen LogP contribution in [0.5, 0.6) is 5.75 Å². The minimum absolute atomic E-state index is 0.163. The van der Waals surface area contributed by atoms with E-state index in [4.69, 9.17) is 9.47 Å². The summed E-state index contributed by atoms with van der Waals surface area (Å²) in [5.74, 6) is -1.08. The molecular weight excluding hydrogens is 408 g/mol. The summed E-state index contributed by atoms with van der Waals surface area (Å²) in [5, 5.41) is 10.3. The van der Waals surface area contributed by atoms with Crippen LogP contribution in [0.1, 0.15) is 11.7 Å². The lowest BCUT2D eigenvalue weighted by atomic mass is 10.1. The standard InChI is InChI=1S/C19H20BrF2NO3/c20-15-3-1-2-4-18(15)26-12-14(24)10-23-7-8-25-19(11-23)13-5-6-16(21)17(22)9-13/h1-6,9,14,19,24H,7-8,10-12H2. The van der Waals surface area contributed by atoms with Crippen molar-refractivity contribution in [2.45, 2.75) is 12.2 Å². The minimum atomic E-state index is -0.884. The molecule has 1 N–H and O–H groups in total. The molecule has 26 heavy (non-hydrogen) atoms. The number of rotatable bonds is 6. The minimum Gasteiger partial charge on any atom is -0.490 e. The number of aliphatic hydroxyl groups is 1. The molecule has 4 nitrogen and oxygen atoms in total. The topological polar surface area (TPSA) is 41.9 Å². The first kappa shape index (κ1) is 19.2. The molecule has 1 saturated heterocycles. The number of aliphatic hydroxyl groups excluding tert-OH is 1. The monoisotopic (exact) mass is 427 g/mol. The third-order valence-electron chi connectivity index (χ3n) is 4.20. The fraction of sp³-hybridized carbons (Fsp3) is 0.368. The molecule has 1 heterocycles. The molecule has 1 fully saturated rings. The lowest BCUT2D eigenvalue weighted by Gasteiger charge is -2.34. The van der Waals surface area contributed by atoms with E-state index in [1.165, 1.54) is 6.07 Å². The first-order valence-corrected chi connectivity index (χ1v) is 9.16. The van der Waals surface area contributed by atoms with E-state index in [1.54, 1.807) is 0 Å². The molecule has 1 aliphatic rings. The summed E-state index contributed by atoms with van der Waals surface area (Å²) in [5.41, 5.74) is 0.590. The number of hydrogen-bond acceptors (Lipinski definition) is 4. The number of hydrogen-bond donors (Lipinski definition) is 1. The van der Waals surface area contributed by atoms with E-state index in [2.05, 4.69) is 15.9 Å². The van der Waals surface area contributed by atoms with Gasteiger partial charge in [-0.05, 0) is 45.8 Å². The van der Waals surface area contributed by atoms with Crippen molar-refractivity contribution in [2.75, 3.05) is 32.8 Å². The molecule has 2 aromatic rings. The summed E-state index contributed by atoms with van der Waals surface area (Å²) >= 11 is 3.40. The summed E-state index contributed by atoms with van der Waals surface area (Å²) in [6.07, 6.45) is -1.03. The van der Waals surface area contributed by atoms with Gasteiger partial charge >= 0.3 is 0 Å². The second-order valence-electron chi connectivity index (χ2n) is 6.19. The van der Waals surface area contributed by atoms with Crippen molar-refractivity contribution in [2.24, 2.45) is 0 Å². The van der Waals surface area contributed by atoms with Crippen molar-refractivity contribution < 1.29 is 23.4 Å². The van der Waals surface area contributed by atoms with Gasteiger partial charge in [-0.3, -0.25) is 4.90 Å². The number of morpholine rings is 1. The van der Waals surface area contributed by atoms with Crippen LogP contribution in [0.4, 0.5) is 8.78 Å². The molecule has 0 radical (unpaired) electrons. The molecule has 2 atom stereocenters. The summed E-state index contributed by atoms with van der Waals surface area (Å²) in [6.45, 7) is 2.19. The Morgan fingerprint density at radius 1 is 1.23 bits per heavy atom. The summed E-state index contributed by atoms with van der Waals surface area (Å²) in [4.78, 5) is 2.03. The Labute approximate surface area is 159 Å². The SMILES string of the molecule is OC(COc1ccccc1Br)CN1CCOC(c2ccc(F)c(F)c2)C1. The average Bonchev–Trinajstić information content (AvgIpc) is 2.63. The molecule has 2 aromatic carbocycles. The van der Waals surface area contributed by atoms with Gasteiger partial charge in [0, 0.05) is 19.6 Å². The van der Waals surface area contributed by atoms with Gasteiger partial charge in [0.25, 0.3) is 0 Å². The Balaban J connectivity index is 1.52. The zero-order valence-electron chi connectivity index (χ0n) is 14.1. The normalized spacial score (nSPS) is 19.3. The Morgan fingerprint density at radius 2 is 2.04 bits per heavy atom. The summed E-state index contributed by atoms with van der Waals surface area (Å²) < 4.78 is 38.7. The Kier molecular flexibility index (Phi) is 6.58. The smallest absolute Gasteiger partial charge is 0.159 e. The van der Waals surface area contributed by atoms with Crippen LogP contribution in [0.2, 0.25) is 0 Å². The van der Waals surface area contributed by atoms with E-state index in [-0.39, 0.29) is 12.7 Å². The Hall–Kier alpha value is -1.54. The second kappa shape index (κ2) is 8.90. The van der Waals surface area contributed by atoms with Gasteiger partial charge in [-0.2, -0.15) is 0 Å². The molecule has 0 bridgehead atoms. The zero-order valence-corrected chi connectivity index (χ0v) is 15.7. The molecule has 0 aromatic heterocycles. The maximum absolute atomic E-state index is 13.4. The highest BCUT2D eigenvalue weighted by Crippen LogP contribution is 2.25. The number of ether oxygens (including phenoxy) is 2. The van der Waals surface area contributed by atoms with Gasteiger partial charge < -0.3 is 14.6 Å². The van der Waals surface area contributed by atoms with E-state index in [1.807, 2.05) is 29.2 Å². The van der Waals surface area contributed by atoms with E-state index in [0.29, 0.717) is 37.6 Å². The van der Waals surface area contributed by atoms with Gasteiger partial charge in [-0.25, -0.2) is 8.78 Å². The van der Waals surface area contributed by atoms with Crippen LogP contribution in [-0.4, -0.2) is 49.0 Å². The predicted molar refractivity (Wildman–Crippen MR) is 97.1 cm³/mol. The maximum Gasteiger partial charge on any atom is 0.159 e. The summed E-state index contributed by atoms with van der Waals surface area (Å²) in [7, 11) is 0. The van der Waals surface area contributed by atoms with Crippen LogP contribution >= 0.6 is 15.9 Å². The van der Waals surface area contributed by atoms with E-state index >= 15 is 0 Å². The highest BCUT2D eigenvalue weighted by atomic mass is 79.9. The van der Waals surface area contributed by atoms with Crippen molar-refractivity contribution in [3.63, 3.8) is 0 Å². The zero-order chi connectivity index (χ0) is 18.5. The third kappa shape index (κ3) is 5.01. The molecule has 0 spiro atoms. The van der Waals surface area contributed by atoms with Crippen molar-refractivity contribution in [3.05, 3.63) is 64.1 Å². The van der Waals surface area contributed by atoms with Crippen LogP contribution in [0, 0.1) is 11.6 Å². The van der Waals surface area contributed by atoms with Crippen molar-refractivity contribution in [1.29, 1.82) is 0 Å². The Morgan fingerprint density at radius 3 is 2.81 bits per heavy atom. The van der Waals surface area contributed by atoms with Crippen LogP contribution in [0.3, 0.4) is 0 Å². The third-order valence-corrected chi connectivity index (χ3v) is 4.86. The van der Waals surface area contributed by atoms with E-state index < -0.39 is 17.7 Å². The predicted octanol–water partition coefficient (Wildman–Crippen LogP) is 3.54. The average molecular weight is 428 g/mol. The highest BCUT2D eigenvalue weighted by Gasteiger charge is 2.24. The lowest BCUT2D eigenvalue weighted by Crippen LogP contribution is -2.43. The largest absolute Gasteiger partial charge is 0.490 e.